The molecule has 2 aromatic rings. The van der Waals surface area contributed by atoms with Gasteiger partial charge >= 0.3 is 0 Å². The van der Waals surface area contributed by atoms with E-state index in [4.69, 9.17) is 9.47 Å². The molecule has 0 unspecified atom stereocenters. The van der Waals surface area contributed by atoms with Crippen LogP contribution >= 0.6 is 0 Å². The summed E-state index contributed by atoms with van der Waals surface area (Å²) in [7, 11) is 1.77. The van der Waals surface area contributed by atoms with Gasteiger partial charge in [0.2, 0.25) is 0 Å². The van der Waals surface area contributed by atoms with Crippen LogP contribution < -0.4 is 4.74 Å². The molecule has 6 nitrogen and oxygen atoms in total. The standard InChI is InChI=1S/C22H30N4O2/c1-27-22-7-3-2-6-21(22)26-13-11-25(12-14-26)10-4-5-15-28-19-9-8-18-17-23-24-20(18)16-19/h3,7-9,16-17H,2,4-6,10-15H2,1H3,(H,23,24). The topological polar surface area (TPSA) is 53.6 Å². The fourth-order valence-electron chi connectivity index (χ4n) is 4.00. The zero-order valence-corrected chi connectivity index (χ0v) is 16.7. The quantitative estimate of drug-likeness (QED) is 0.708. The molecular formula is C22H30N4O2. The highest BCUT2D eigenvalue weighted by molar-refractivity contribution is 5.79. The molecule has 0 bridgehead atoms. The Kier molecular flexibility index (Phi) is 6.17. The number of unbranched alkanes of at least 4 members (excludes halogenated alkanes) is 1. The van der Waals surface area contributed by atoms with Crippen molar-refractivity contribution in [1.29, 1.82) is 0 Å². The van der Waals surface area contributed by atoms with Gasteiger partial charge in [0.1, 0.15) is 11.5 Å². The van der Waals surface area contributed by atoms with Gasteiger partial charge in [-0.3, -0.25) is 10.00 Å². The minimum Gasteiger partial charge on any atom is -0.495 e. The zero-order chi connectivity index (χ0) is 19.2. The first-order valence-electron chi connectivity index (χ1n) is 10.3. The molecule has 0 saturated carbocycles. The average Bonchev–Trinajstić information content (AvgIpc) is 3.22. The van der Waals surface area contributed by atoms with Crippen molar-refractivity contribution >= 4 is 10.9 Å². The molecule has 1 aliphatic heterocycles. The predicted octanol–water partition coefficient (Wildman–Crippen LogP) is 3.55. The van der Waals surface area contributed by atoms with E-state index in [1.807, 2.05) is 24.4 Å². The molecule has 1 saturated heterocycles. The lowest BCUT2D eigenvalue weighted by Crippen LogP contribution is -2.46. The van der Waals surface area contributed by atoms with E-state index in [-0.39, 0.29) is 0 Å². The molecule has 0 radical (unpaired) electrons. The van der Waals surface area contributed by atoms with Gasteiger partial charge in [0.15, 0.2) is 0 Å². The normalized spacial score (nSPS) is 18.1. The monoisotopic (exact) mass is 382 g/mol. The van der Waals surface area contributed by atoms with Crippen LogP contribution in [0.15, 0.2) is 48.0 Å². The van der Waals surface area contributed by atoms with Crippen molar-refractivity contribution in [3.05, 3.63) is 48.0 Å². The number of methoxy groups -OCH3 is 1. The van der Waals surface area contributed by atoms with Crippen LogP contribution in [0.5, 0.6) is 5.75 Å². The van der Waals surface area contributed by atoms with E-state index in [9.17, 15) is 0 Å². The minimum atomic E-state index is 0.760. The van der Waals surface area contributed by atoms with E-state index in [2.05, 4.69) is 32.1 Å². The SMILES string of the molecule is COC1=C(N2CCN(CCCCOc3ccc4cn[nH]c4c3)CC2)CCC=C1. The second kappa shape index (κ2) is 9.15. The molecule has 150 valence electrons. The largest absolute Gasteiger partial charge is 0.495 e. The third-order valence-corrected chi connectivity index (χ3v) is 5.63. The highest BCUT2D eigenvalue weighted by atomic mass is 16.5. The summed E-state index contributed by atoms with van der Waals surface area (Å²) in [5.74, 6) is 1.96. The molecule has 1 fully saturated rings. The lowest BCUT2D eigenvalue weighted by atomic mass is 10.1. The molecule has 1 aromatic carbocycles. The number of nitrogens with one attached hydrogen (secondary N) is 1. The van der Waals surface area contributed by atoms with Gasteiger partial charge in [-0.05, 0) is 50.4 Å². The van der Waals surface area contributed by atoms with Crippen LogP contribution in [0.3, 0.4) is 0 Å². The summed E-state index contributed by atoms with van der Waals surface area (Å²) in [5, 5.41) is 8.14. The molecular weight excluding hydrogens is 352 g/mol. The van der Waals surface area contributed by atoms with Crippen LogP contribution in [0.1, 0.15) is 25.7 Å². The van der Waals surface area contributed by atoms with Gasteiger partial charge in [-0.2, -0.15) is 5.10 Å². The van der Waals surface area contributed by atoms with E-state index >= 15 is 0 Å². The fourth-order valence-corrected chi connectivity index (χ4v) is 4.00. The first kappa shape index (κ1) is 18.9. The number of aromatic amines is 1. The first-order valence-corrected chi connectivity index (χ1v) is 10.3. The lowest BCUT2D eigenvalue weighted by molar-refractivity contribution is 0.143. The summed E-state index contributed by atoms with van der Waals surface area (Å²) in [6.45, 7) is 6.35. The Morgan fingerprint density at radius 2 is 2.04 bits per heavy atom. The van der Waals surface area contributed by atoms with Crippen molar-refractivity contribution in [2.24, 2.45) is 0 Å². The van der Waals surface area contributed by atoms with E-state index in [1.165, 1.54) is 12.1 Å². The van der Waals surface area contributed by atoms with Crippen molar-refractivity contribution < 1.29 is 9.47 Å². The molecule has 2 heterocycles. The molecule has 6 heteroatoms. The summed E-state index contributed by atoms with van der Waals surface area (Å²) in [5.41, 5.74) is 2.41. The summed E-state index contributed by atoms with van der Waals surface area (Å²) >= 11 is 0. The maximum absolute atomic E-state index is 5.89. The van der Waals surface area contributed by atoms with Gasteiger partial charge in [0.25, 0.3) is 0 Å². The van der Waals surface area contributed by atoms with Gasteiger partial charge in [-0.15, -0.1) is 0 Å². The Bertz CT molecular complexity index is 834. The van der Waals surface area contributed by atoms with Crippen molar-refractivity contribution in [2.75, 3.05) is 46.4 Å². The Balaban J connectivity index is 1.15. The van der Waals surface area contributed by atoms with Crippen LogP contribution in [0.25, 0.3) is 10.9 Å². The van der Waals surface area contributed by atoms with E-state index < -0.39 is 0 Å². The Hall–Kier alpha value is -2.47. The number of hydrogen-bond acceptors (Lipinski definition) is 5. The number of hydrogen-bond donors (Lipinski definition) is 1. The van der Waals surface area contributed by atoms with Crippen molar-refractivity contribution in [3.63, 3.8) is 0 Å². The summed E-state index contributed by atoms with van der Waals surface area (Å²) in [4.78, 5) is 5.08. The van der Waals surface area contributed by atoms with Gasteiger partial charge in [-0.1, -0.05) is 6.08 Å². The molecule has 28 heavy (non-hydrogen) atoms. The second-order valence-corrected chi connectivity index (χ2v) is 7.46. The third kappa shape index (κ3) is 4.50. The van der Waals surface area contributed by atoms with Crippen LogP contribution in [-0.2, 0) is 4.74 Å². The van der Waals surface area contributed by atoms with Crippen LogP contribution in [0.4, 0.5) is 0 Å². The Labute approximate surface area is 166 Å². The number of fused-ring (bicyclic) bond motifs is 1. The Morgan fingerprint density at radius 3 is 2.89 bits per heavy atom. The van der Waals surface area contributed by atoms with Crippen LogP contribution in [0, 0.1) is 0 Å². The first-order chi connectivity index (χ1) is 13.8. The number of ether oxygens (including phenoxy) is 2. The highest BCUT2D eigenvalue weighted by Crippen LogP contribution is 2.24. The number of aromatic nitrogens is 2. The summed E-state index contributed by atoms with van der Waals surface area (Å²) in [6.07, 6.45) is 10.6. The van der Waals surface area contributed by atoms with Crippen molar-refractivity contribution in [2.45, 2.75) is 25.7 Å². The predicted molar refractivity (Wildman–Crippen MR) is 111 cm³/mol. The van der Waals surface area contributed by atoms with Crippen LogP contribution in [0.2, 0.25) is 0 Å². The number of piperazine rings is 1. The number of rotatable bonds is 8. The minimum absolute atomic E-state index is 0.760. The maximum Gasteiger partial charge on any atom is 0.137 e. The van der Waals surface area contributed by atoms with Crippen molar-refractivity contribution in [3.8, 4) is 5.75 Å². The molecule has 0 atom stereocenters. The smallest absolute Gasteiger partial charge is 0.137 e. The van der Waals surface area contributed by atoms with E-state index in [0.717, 1.165) is 81.0 Å². The summed E-state index contributed by atoms with van der Waals surface area (Å²) < 4.78 is 11.4. The van der Waals surface area contributed by atoms with E-state index in [1.54, 1.807) is 7.11 Å². The van der Waals surface area contributed by atoms with Gasteiger partial charge in [0.05, 0.1) is 31.1 Å². The second-order valence-electron chi connectivity index (χ2n) is 7.46. The fraction of sp³-hybridized carbons (Fsp3) is 0.500. The third-order valence-electron chi connectivity index (χ3n) is 5.63. The van der Waals surface area contributed by atoms with Gasteiger partial charge < -0.3 is 14.4 Å². The number of benzene rings is 1. The number of allylic oxidation sites excluding steroid dienone is 3. The van der Waals surface area contributed by atoms with Gasteiger partial charge in [0, 0.05) is 37.6 Å². The van der Waals surface area contributed by atoms with E-state index in [0.29, 0.717) is 0 Å². The molecule has 1 aromatic heterocycles. The number of nitrogens with zero attached hydrogens (tertiary/aromatic N) is 3. The molecule has 4 rings (SSSR count). The zero-order valence-electron chi connectivity index (χ0n) is 16.7. The van der Waals surface area contributed by atoms with Crippen molar-refractivity contribution in [1.82, 2.24) is 20.0 Å². The lowest BCUT2D eigenvalue weighted by Gasteiger charge is -2.38. The maximum atomic E-state index is 5.89. The van der Waals surface area contributed by atoms with Gasteiger partial charge in [-0.25, -0.2) is 0 Å². The molecule has 0 spiro atoms. The average molecular weight is 383 g/mol. The molecule has 2 aliphatic rings. The Morgan fingerprint density at radius 1 is 1.14 bits per heavy atom. The van der Waals surface area contributed by atoms with Crippen LogP contribution in [-0.4, -0.2) is 66.4 Å². The molecule has 0 amide bonds. The highest BCUT2D eigenvalue weighted by Gasteiger charge is 2.21. The molecule has 1 aliphatic carbocycles. The summed E-state index contributed by atoms with van der Waals surface area (Å²) in [6, 6.07) is 6.08. The molecule has 1 N–H and O–H groups in total. The number of H-pyrrole nitrogens is 1.